The number of hydrogen-bond donors (Lipinski definition) is 2. The Balaban J connectivity index is 0.00000338. The molecule has 0 fully saturated rings. The van der Waals surface area contributed by atoms with E-state index in [1.807, 2.05) is 18.2 Å². The number of guanidine groups is 1. The van der Waals surface area contributed by atoms with Crippen molar-refractivity contribution >= 4 is 29.9 Å². The molecule has 26 heavy (non-hydrogen) atoms. The van der Waals surface area contributed by atoms with Crippen LogP contribution in [0.15, 0.2) is 41.4 Å². The van der Waals surface area contributed by atoms with E-state index in [0.717, 1.165) is 23.8 Å². The second kappa shape index (κ2) is 10.8. The Hall–Kier alpha value is -2.10. The van der Waals surface area contributed by atoms with Crippen LogP contribution < -0.4 is 20.1 Å². The molecule has 2 aromatic carbocycles. The first-order chi connectivity index (χ1) is 12.1. The van der Waals surface area contributed by atoms with Gasteiger partial charge in [-0.15, -0.1) is 24.0 Å². The topological polar surface area (TPSA) is 54.9 Å². The maximum absolute atomic E-state index is 13.7. The molecule has 8 heteroatoms. The summed E-state index contributed by atoms with van der Waals surface area (Å²) in [6.07, 6.45) is 0. The summed E-state index contributed by atoms with van der Waals surface area (Å²) in [6.45, 7) is 0.532. The smallest absolute Gasteiger partial charge is 0.191 e. The van der Waals surface area contributed by atoms with Gasteiger partial charge in [-0.3, -0.25) is 4.99 Å². The minimum atomic E-state index is -0.484. The van der Waals surface area contributed by atoms with Crippen molar-refractivity contribution in [1.29, 1.82) is 0 Å². The van der Waals surface area contributed by atoms with Gasteiger partial charge in [0.05, 0.1) is 14.2 Å². The molecule has 0 aromatic heterocycles. The lowest BCUT2D eigenvalue weighted by atomic mass is 10.2. The molecular weight excluding hydrogens is 455 g/mol. The van der Waals surface area contributed by atoms with Crippen LogP contribution in [0.5, 0.6) is 11.5 Å². The molecule has 2 rings (SSSR count). The molecule has 0 amide bonds. The predicted octanol–water partition coefficient (Wildman–Crippen LogP) is 3.47. The number of ether oxygens (including phenoxy) is 2. The molecule has 142 valence electrons. The van der Waals surface area contributed by atoms with E-state index in [9.17, 15) is 8.78 Å². The fourth-order valence-electron chi connectivity index (χ4n) is 2.35. The highest BCUT2D eigenvalue weighted by atomic mass is 127. The van der Waals surface area contributed by atoms with Gasteiger partial charge >= 0.3 is 0 Å². The van der Waals surface area contributed by atoms with Gasteiger partial charge in [-0.25, -0.2) is 8.78 Å². The van der Waals surface area contributed by atoms with E-state index in [2.05, 4.69) is 15.6 Å². The quantitative estimate of drug-likeness (QED) is 0.380. The minimum absolute atomic E-state index is 0. The molecule has 0 spiro atoms. The molecule has 2 aromatic rings. The first kappa shape index (κ1) is 21.9. The lowest BCUT2D eigenvalue weighted by Gasteiger charge is -2.15. The zero-order chi connectivity index (χ0) is 18.2. The summed E-state index contributed by atoms with van der Waals surface area (Å²) in [5.41, 5.74) is 1.10. The molecule has 0 bridgehead atoms. The third-order valence-electron chi connectivity index (χ3n) is 3.61. The Bertz CT molecular complexity index is 757. The molecule has 0 heterocycles. The van der Waals surface area contributed by atoms with Crippen LogP contribution in [0, 0.1) is 11.6 Å². The van der Waals surface area contributed by atoms with Gasteiger partial charge in [0.2, 0.25) is 0 Å². The largest absolute Gasteiger partial charge is 0.493 e. The van der Waals surface area contributed by atoms with E-state index in [1.165, 1.54) is 0 Å². The summed E-state index contributed by atoms with van der Waals surface area (Å²) in [4.78, 5) is 4.07. The molecule has 0 unspecified atom stereocenters. The van der Waals surface area contributed by atoms with Crippen LogP contribution in [0.4, 0.5) is 8.78 Å². The molecule has 0 saturated heterocycles. The highest BCUT2D eigenvalue weighted by molar-refractivity contribution is 14.0. The molecule has 0 saturated carbocycles. The summed E-state index contributed by atoms with van der Waals surface area (Å²) in [6, 6.07) is 8.90. The van der Waals surface area contributed by atoms with Gasteiger partial charge in [-0.05, 0) is 24.3 Å². The van der Waals surface area contributed by atoms with Crippen molar-refractivity contribution in [2.45, 2.75) is 13.1 Å². The number of hydrogen-bond acceptors (Lipinski definition) is 3. The van der Waals surface area contributed by atoms with Crippen LogP contribution >= 0.6 is 24.0 Å². The standard InChI is InChI=1S/C18H21F2N3O2.HI/c1-21-18(23-11-13-9-14(19)7-8-15(13)20)22-10-12-5-4-6-16(24-2)17(12)25-3;/h4-9H,10-11H2,1-3H3,(H2,21,22,23);1H. The lowest BCUT2D eigenvalue weighted by molar-refractivity contribution is 0.351. The summed E-state index contributed by atoms with van der Waals surface area (Å²) in [7, 11) is 4.74. The van der Waals surface area contributed by atoms with Gasteiger partial charge in [0.15, 0.2) is 17.5 Å². The van der Waals surface area contributed by atoms with Gasteiger partial charge in [-0.2, -0.15) is 0 Å². The molecule has 0 aliphatic rings. The number of aliphatic imine (C=N–C) groups is 1. The molecule has 0 aliphatic carbocycles. The van der Waals surface area contributed by atoms with Crippen molar-refractivity contribution in [2.24, 2.45) is 4.99 Å². The van der Waals surface area contributed by atoms with Crippen LogP contribution in [-0.2, 0) is 13.1 Å². The van der Waals surface area contributed by atoms with Gasteiger partial charge in [0.1, 0.15) is 11.6 Å². The lowest BCUT2D eigenvalue weighted by Crippen LogP contribution is -2.36. The Morgan fingerprint density at radius 3 is 2.31 bits per heavy atom. The molecule has 0 atom stereocenters. The fraction of sp³-hybridized carbons (Fsp3) is 0.278. The number of para-hydroxylation sites is 1. The fourth-order valence-corrected chi connectivity index (χ4v) is 2.35. The highest BCUT2D eigenvalue weighted by Gasteiger charge is 2.10. The summed E-state index contributed by atoms with van der Waals surface area (Å²) in [5.74, 6) is 0.755. The van der Waals surface area contributed by atoms with Crippen molar-refractivity contribution in [3.8, 4) is 11.5 Å². The van der Waals surface area contributed by atoms with Crippen molar-refractivity contribution in [3.05, 3.63) is 59.2 Å². The third kappa shape index (κ3) is 5.72. The minimum Gasteiger partial charge on any atom is -0.493 e. The zero-order valence-corrected chi connectivity index (χ0v) is 17.1. The average molecular weight is 477 g/mol. The third-order valence-corrected chi connectivity index (χ3v) is 3.61. The van der Waals surface area contributed by atoms with Crippen molar-refractivity contribution in [2.75, 3.05) is 21.3 Å². The van der Waals surface area contributed by atoms with Crippen LogP contribution in [0.2, 0.25) is 0 Å². The normalized spacial score (nSPS) is 10.7. The molecular formula is C18H22F2IN3O2. The van der Waals surface area contributed by atoms with E-state index in [-0.39, 0.29) is 36.1 Å². The number of halogens is 3. The summed E-state index contributed by atoms with van der Waals surface area (Å²) in [5, 5.41) is 6.05. The van der Waals surface area contributed by atoms with Crippen LogP contribution in [-0.4, -0.2) is 27.2 Å². The first-order valence-corrected chi connectivity index (χ1v) is 7.67. The summed E-state index contributed by atoms with van der Waals surface area (Å²) < 4.78 is 37.5. The van der Waals surface area contributed by atoms with E-state index in [0.29, 0.717) is 24.0 Å². The Morgan fingerprint density at radius 2 is 1.69 bits per heavy atom. The predicted molar refractivity (Wildman–Crippen MR) is 108 cm³/mol. The monoisotopic (exact) mass is 477 g/mol. The van der Waals surface area contributed by atoms with Crippen molar-refractivity contribution < 1.29 is 18.3 Å². The molecule has 5 nitrogen and oxygen atoms in total. The second-order valence-electron chi connectivity index (χ2n) is 5.17. The number of nitrogens with zero attached hydrogens (tertiary/aromatic N) is 1. The number of benzene rings is 2. The molecule has 0 radical (unpaired) electrons. The molecule has 2 N–H and O–H groups in total. The number of methoxy groups -OCH3 is 2. The maximum atomic E-state index is 13.7. The van der Waals surface area contributed by atoms with Crippen LogP contribution in [0.3, 0.4) is 0 Å². The van der Waals surface area contributed by atoms with Gasteiger partial charge in [0, 0.05) is 31.3 Å². The van der Waals surface area contributed by atoms with Gasteiger partial charge in [-0.1, -0.05) is 12.1 Å². The maximum Gasteiger partial charge on any atom is 0.191 e. The van der Waals surface area contributed by atoms with Crippen LogP contribution in [0.25, 0.3) is 0 Å². The van der Waals surface area contributed by atoms with E-state index < -0.39 is 11.6 Å². The average Bonchev–Trinajstić information content (AvgIpc) is 2.63. The van der Waals surface area contributed by atoms with Crippen molar-refractivity contribution in [3.63, 3.8) is 0 Å². The number of nitrogens with one attached hydrogen (secondary N) is 2. The Kier molecular flexibility index (Phi) is 9.11. The van der Waals surface area contributed by atoms with E-state index >= 15 is 0 Å². The molecule has 0 aliphatic heterocycles. The highest BCUT2D eigenvalue weighted by Crippen LogP contribution is 2.30. The SMILES string of the molecule is CN=C(NCc1cc(F)ccc1F)NCc1cccc(OC)c1OC.I. The second-order valence-corrected chi connectivity index (χ2v) is 5.17. The summed E-state index contributed by atoms with van der Waals surface area (Å²) >= 11 is 0. The Morgan fingerprint density at radius 1 is 1.00 bits per heavy atom. The van der Waals surface area contributed by atoms with Crippen LogP contribution in [0.1, 0.15) is 11.1 Å². The van der Waals surface area contributed by atoms with E-state index in [4.69, 9.17) is 9.47 Å². The van der Waals surface area contributed by atoms with E-state index in [1.54, 1.807) is 21.3 Å². The van der Waals surface area contributed by atoms with Gasteiger partial charge in [0.25, 0.3) is 0 Å². The number of rotatable bonds is 6. The van der Waals surface area contributed by atoms with Gasteiger partial charge < -0.3 is 20.1 Å². The Labute approximate surface area is 168 Å². The zero-order valence-electron chi connectivity index (χ0n) is 14.8. The van der Waals surface area contributed by atoms with Crippen molar-refractivity contribution in [1.82, 2.24) is 10.6 Å². The first-order valence-electron chi connectivity index (χ1n) is 7.67.